The van der Waals surface area contributed by atoms with E-state index < -0.39 is 11.7 Å². The Hall–Kier alpha value is -2.33. The van der Waals surface area contributed by atoms with Gasteiger partial charge >= 0.3 is 6.18 Å². The van der Waals surface area contributed by atoms with Gasteiger partial charge in [-0.05, 0) is 29.5 Å². The Morgan fingerprint density at radius 2 is 2.03 bits per heavy atom. The summed E-state index contributed by atoms with van der Waals surface area (Å²) in [6, 6.07) is 7.11. The number of aryl methyl sites for hydroxylation is 1. The lowest BCUT2D eigenvalue weighted by Crippen LogP contribution is -2.22. The minimum Gasteiger partial charge on any atom is -0.276 e. The molecule has 0 spiro atoms. The zero-order valence-corrected chi connectivity index (χ0v) is 17.1. The fourth-order valence-corrected chi connectivity index (χ4v) is 4.80. The number of aromatic nitrogens is 4. The highest BCUT2D eigenvalue weighted by molar-refractivity contribution is 7.98. The molecule has 0 aliphatic rings. The average Bonchev–Trinajstić information content (AvgIpc) is 3.33. The summed E-state index contributed by atoms with van der Waals surface area (Å²) in [4.78, 5) is 12.8. The van der Waals surface area contributed by atoms with Crippen LogP contribution in [0.25, 0.3) is 16.0 Å². The molecule has 0 bridgehead atoms. The second-order valence-electron chi connectivity index (χ2n) is 6.55. The van der Waals surface area contributed by atoms with Crippen LogP contribution in [0, 0.1) is 0 Å². The smallest absolute Gasteiger partial charge is 0.276 e. The fraction of sp³-hybridized carbons (Fsp3) is 0.316. The molecule has 0 amide bonds. The zero-order chi connectivity index (χ0) is 20.6. The molecular weight excluding hydrogens is 421 g/mol. The molecule has 0 unspecified atom stereocenters. The van der Waals surface area contributed by atoms with Gasteiger partial charge in [0.1, 0.15) is 4.70 Å². The van der Waals surface area contributed by atoms with Gasteiger partial charge in [-0.3, -0.25) is 13.8 Å². The van der Waals surface area contributed by atoms with Crippen molar-refractivity contribution in [1.82, 2.24) is 19.2 Å². The summed E-state index contributed by atoms with van der Waals surface area (Å²) in [5.41, 5.74) is 0.509. The lowest BCUT2D eigenvalue weighted by atomic mass is 10.1. The van der Waals surface area contributed by atoms with Crippen LogP contribution in [0.4, 0.5) is 13.2 Å². The van der Waals surface area contributed by atoms with E-state index in [1.807, 2.05) is 22.8 Å². The summed E-state index contributed by atoms with van der Waals surface area (Å²) in [6.07, 6.45) is -2.60. The van der Waals surface area contributed by atoms with Gasteiger partial charge in [-0.1, -0.05) is 43.3 Å². The number of thioether (sulfide) groups is 1. The Bertz CT molecular complexity index is 1230. The van der Waals surface area contributed by atoms with E-state index in [9.17, 15) is 18.0 Å². The van der Waals surface area contributed by atoms with Gasteiger partial charge < -0.3 is 0 Å². The lowest BCUT2D eigenvalue weighted by Gasteiger charge is -2.09. The van der Waals surface area contributed by atoms with Crippen molar-refractivity contribution in [3.63, 3.8) is 0 Å². The van der Waals surface area contributed by atoms with Crippen LogP contribution in [0.1, 0.15) is 30.9 Å². The molecule has 0 aliphatic heterocycles. The standard InChI is InChI=1S/C19H17F3N4OS2/c1-2-3-8-25-16(27)15-14(7-9-28-15)26-17(25)23-24-18(26)29-11-12-5-4-6-13(10-12)19(20,21)22/h4-7,9-10H,2-3,8,11H2,1H3. The molecule has 0 radical (unpaired) electrons. The Morgan fingerprint density at radius 1 is 1.21 bits per heavy atom. The monoisotopic (exact) mass is 438 g/mol. The number of benzene rings is 1. The molecule has 4 aromatic rings. The van der Waals surface area contributed by atoms with Crippen LogP contribution in [-0.4, -0.2) is 19.2 Å². The summed E-state index contributed by atoms with van der Waals surface area (Å²) in [7, 11) is 0. The molecule has 1 aromatic carbocycles. The highest BCUT2D eigenvalue weighted by atomic mass is 32.2. The van der Waals surface area contributed by atoms with E-state index in [0.717, 1.165) is 30.5 Å². The summed E-state index contributed by atoms with van der Waals surface area (Å²) < 4.78 is 42.9. The fourth-order valence-electron chi connectivity index (χ4n) is 3.10. The molecule has 0 aliphatic carbocycles. The minimum absolute atomic E-state index is 0.0854. The molecule has 0 saturated carbocycles. The van der Waals surface area contributed by atoms with Crippen LogP contribution in [0.15, 0.2) is 45.7 Å². The van der Waals surface area contributed by atoms with Crippen molar-refractivity contribution < 1.29 is 13.2 Å². The number of nitrogens with zero attached hydrogens (tertiary/aromatic N) is 4. The molecular formula is C19H17F3N4OS2. The van der Waals surface area contributed by atoms with Gasteiger partial charge in [-0.2, -0.15) is 13.2 Å². The number of thiophene rings is 1. The highest BCUT2D eigenvalue weighted by Gasteiger charge is 2.30. The van der Waals surface area contributed by atoms with Gasteiger partial charge in [0.2, 0.25) is 5.78 Å². The molecule has 0 N–H and O–H groups in total. The summed E-state index contributed by atoms with van der Waals surface area (Å²) >= 11 is 2.66. The van der Waals surface area contributed by atoms with Crippen LogP contribution in [0.3, 0.4) is 0 Å². The van der Waals surface area contributed by atoms with Gasteiger partial charge in [0, 0.05) is 12.3 Å². The number of rotatable bonds is 6. The van der Waals surface area contributed by atoms with Crippen molar-refractivity contribution in [1.29, 1.82) is 0 Å². The molecule has 0 atom stereocenters. The van der Waals surface area contributed by atoms with Crippen molar-refractivity contribution in [2.75, 3.05) is 0 Å². The highest BCUT2D eigenvalue weighted by Crippen LogP contribution is 2.31. The topological polar surface area (TPSA) is 52.2 Å². The Labute approximate surface area is 172 Å². The Balaban J connectivity index is 1.72. The first-order valence-electron chi connectivity index (χ1n) is 9.04. The van der Waals surface area contributed by atoms with Crippen molar-refractivity contribution in [3.05, 3.63) is 57.2 Å². The third-order valence-electron chi connectivity index (χ3n) is 4.54. The van der Waals surface area contributed by atoms with Gasteiger partial charge in [0.05, 0.1) is 11.1 Å². The van der Waals surface area contributed by atoms with Crippen molar-refractivity contribution in [2.45, 2.75) is 43.4 Å². The van der Waals surface area contributed by atoms with Crippen LogP contribution in [0.5, 0.6) is 0 Å². The maximum absolute atomic E-state index is 12.9. The normalized spacial score (nSPS) is 12.3. The van der Waals surface area contributed by atoms with Crippen LogP contribution < -0.4 is 5.56 Å². The van der Waals surface area contributed by atoms with E-state index in [1.165, 1.54) is 29.2 Å². The molecule has 3 heterocycles. The number of alkyl halides is 3. The number of halogens is 3. The second-order valence-corrected chi connectivity index (χ2v) is 8.41. The van der Waals surface area contributed by atoms with Gasteiger partial charge in [-0.15, -0.1) is 21.5 Å². The molecule has 29 heavy (non-hydrogen) atoms. The van der Waals surface area contributed by atoms with Crippen LogP contribution >= 0.6 is 23.1 Å². The molecule has 5 nitrogen and oxygen atoms in total. The predicted molar refractivity (Wildman–Crippen MR) is 109 cm³/mol. The molecule has 0 saturated heterocycles. The Morgan fingerprint density at radius 3 is 2.79 bits per heavy atom. The van der Waals surface area contributed by atoms with E-state index in [4.69, 9.17) is 0 Å². The van der Waals surface area contributed by atoms with Crippen molar-refractivity contribution in [2.24, 2.45) is 0 Å². The quantitative estimate of drug-likeness (QED) is 0.388. The number of hydrogen-bond donors (Lipinski definition) is 0. The van der Waals surface area contributed by atoms with Crippen molar-refractivity contribution >= 4 is 39.1 Å². The third-order valence-corrected chi connectivity index (χ3v) is 6.43. The maximum atomic E-state index is 12.9. The predicted octanol–water partition coefficient (Wildman–Crippen LogP) is 5.22. The molecule has 152 valence electrons. The number of unbranched alkanes of at least 4 members (excludes halogenated alkanes) is 1. The van der Waals surface area contributed by atoms with Gasteiger partial charge in [0.25, 0.3) is 5.56 Å². The summed E-state index contributed by atoms with van der Waals surface area (Å²) in [5, 5.41) is 10.8. The Kier molecular flexibility index (Phi) is 5.39. The number of fused-ring (bicyclic) bond motifs is 3. The van der Waals surface area contributed by atoms with Crippen molar-refractivity contribution in [3.8, 4) is 0 Å². The average molecular weight is 439 g/mol. The molecule has 4 rings (SSSR count). The summed E-state index contributed by atoms with van der Waals surface area (Å²) in [6.45, 7) is 2.59. The van der Waals surface area contributed by atoms with E-state index in [1.54, 1.807) is 10.6 Å². The summed E-state index contributed by atoms with van der Waals surface area (Å²) in [5.74, 6) is 0.769. The third kappa shape index (κ3) is 3.78. The van der Waals surface area contributed by atoms with Crippen LogP contribution in [-0.2, 0) is 18.5 Å². The SMILES string of the molecule is CCCCn1c(=O)c2sccc2n2c(SCc3cccc(C(F)(F)F)c3)nnc12. The van der Waals surface area contributed by atoms with E-state index >= 15 is 0 Å². The van der Waals surface area contributed by atoms with Gasteiger partial charge in [-0.25, -0.2) is 0 Å². The molecule has 0 fully saturated rings. The largest absolute Gasteiger partial charge is 0.416 e. The van der Waals surface area contributed by atoms with E-state index in [2.05, 4.69) is 10.2 Å². The lowest BCUT2D eigenvalue weighted by molar-refractivity contribution is -0.137. The van der Waals surface area contributed by atoms with E-state index in [0.29, 0.717) is 33.5 Å². The van der Waals surface area contributed by atoms with E-state index in [-0.39, 0.29) is 5.56 Å². The second kappa shape index (κ2) is 7.83. The first-order chi connectivity index (χ1) is 13.9. The zero-order valence-electron chi connectivity index (χ0n) is 15.4. The molecule has 10 heteroatoms. The maximum Gasteiger partial charge on any atom is 0.416 e. The van der Waals surface area contributed by atoms with Crippen LogP contribution in [0.2, 0.25) is 0 Å². The number of hydrogen-bond acceptors (Lipinski definition) is 5. The molecule has 3 aromatic heterocycles. The first-order valence-corrected chi connectivity index (χ1v) is 10.9. The van der Waals surface area contributed by atoms with Gasteiger partial charge in [0.15, 0.2) is 5.16 Å². The first kappa shape index (κ1) is 20.0. The minimum atomic E-state index is -4.37.